The summed E-state index contributed by atoms with van der Waals surface area (Å²) < 4.78 is 6.61. The van der Waals surface area contributed by atoms with Crippen molar-refractivity contribution in [2.24, 2.45) is 11.8 Å². The number of aryl methyl sites for hydroxylation is 2. The maximum absolute atomic E-state index is 14.6. The van der Waals surface area contributed by atoms with Gasteiger partial charge >= 0.3 is 0 Å². The summed E-state index contributed by atoms with van der Waals surface area (Å²) in [6.07, 6.45) is 3.63. The normalized spacial score (nSPS) is 30.2. The molecule has 0 saturated carbocycles. The van der Waals surface area contributed by atoms with E-state index in [0.717, 1.165) is 16.8 Å². The van der Waals surface area contributed by atoms with Crippen LogP contribution in [0.1, 0.15) is 30.9 Å². The standard InChI is InChI=1S/C29H38BrN3O5/c1-7-12-31(6)26(35)22-23-27(36)33(19(9-3)16-34)25(29(23)15-20(30)24(22)38-29)28(37)32(13-8-2)21-14-17(4)10-11-18(21)5/h7-8,10-11,14,19-20,22-25,34H,1-2,9,12-13,15-16H2,3-6H3/t19-,20?,22+,23-,24+,25?,29?/m0/s1. The van der Waals surface area contributed by atoms with E-state index in [9.17, 15) is 19.5 Å². The molecule has 1 spiro atoms. The number of aliphatic hydroxyl groups excluding tert-OH is 1. The first-order valence-corrected chi connectivity index (χ1v) is 14.1. The predicted molar refractivity (Wildman–Crippen MR) is 150 cm³/mol. The van der Waals surface area contributed by atoms with Crippen LogP contribution in [0.3, 0.4) is 0 Å². The van der Waals surface area contributed by atoms with Crippen LogP contribution in [0.25, 0.3) is 0 Å². The summed E-state index contributed by atoms with van der Waals surface area (Å²) >= 11 is 3.71. The Bertz CT molecular complexity index is 1140. The van der Waals surface area contributed by atoms with Crippen LogP contribution in [0.15, 0.2) is 43.5 Å². The summed E-state index contributed by atoms with van der Waals surface area (Å²) in [4.78, 5) is 47.0. The smallest absolute Gasteiger partial charge is 0.253 e. The van der Waals surface area contributed by atoms with Crippen molar-refractivity contribution in [3.63, 3.8) is 0 Å². The van der Waals surface area contributed by atoms with Gasteiger partial charge in [-0.15, -0.1) is 13.2 Å². The van der Waals surface area contributed by atoms with Crippen LogP contribution in [-0.2, 0) is 19.1 Å². The minimum atomic E-state index is -1.19. The molecule has 0 radical (unpaired) electrons. The Morgan fingerprint density at radius 1 is 1.26 bits per heavy atom. The van der Waals surface area contributed by atoms with Crippen LogP contribution < -0.4 is 4.90 Å². The zero-order valence-electron chi connectivity index (χ0n) is 22.6. The molecule has 38 heavy (non-hydrogen) atoms. The summed E-state index contributed by atoms with van der Waals surface area (Å²) in [6, 6.07) is 4.32. The molecule has 1 aromatic carbocycles. The lowest BCUT2D eigenvalue weighted by Crippen LogP contribution is -2.59. The number of halogens is 1. The van der Waals surface area contributed by atoms with Gasteiger partial charge in [0.1, 0.15) is 11.6 Å². The predicted octanol–water partition coefficient (Wildman–Crippen LogP) is 2.99. The number of carbonyl (C=O) groups is 3. The lowest BCUT2D eigenvalue weighted by atomic mass is 9.70. The van der Waals surface area contributed by atoms with Gasteiger partial charge in [-0.3, -0.25) is 14.4 Å². The van der Waals surface area contributed by atoms with Gasteiger partial charge in [0.15, 0.2) is 0 Å². The molecule has 3 saturated heterocycles. The largest absolute Gasteiger partial charge is 0.394 e. The minimum absolute atomic E-state index is 0.198. The summed E-state index contributed by atoms with van der Waals surface area (Å²) in [5.41, 5.74) is 1.46. The number of likely N-dealkylation sites (N-methyl/N-ethyl adjacent to an activating group) is 1. The highest BCUT2D eigenvalue weighted by Gasteiger charge is 2.77. The van der Waals surface area contributed by atoms with Crippen molar-refractivity contribution in [2.75, 3.05) is 31.6 Å². The lowest BCUT2D eigenvalue weighted by molar-refractivity contribution is -0.146. The summed E-state index contributed by atoms with van der Waals surface area (Å²) in [5, 5.41) is 10.3. The molecular weight excluding hydrogens is 550 g/mol. The number of rotatable bonds is 10. The van der Waals surface area contributed by atoms with E-state index in [4.69, 9.17) is 4.74 Å². The number of fused-ring (bicyclic) bond motifs is 1. The average molecular weight is 589 g/mol. The van der Waals surface area contributed by atoms with Crippen LogP contribution in [0, 0.1) is 25.7 Å². The van der Waals surface area contributed by atoms with Crippen LogP contribution in [0.4, 0.5) is 5.69 Å². The molecule has 1 aromatic rings. The molecule has 3 fully saturated rings. The van der Waals surface area contributed by atoms with Gasteiger partial charge in [-0.25, -0.2) is 0 Å². The van der Waals surface area contributed by atoms with Crippen LogP contribution in [-0.4, -0.2) is 88.0 Å². The van der Waals surface area contributed by atoms with Gasteiger partial charge in [-0.05, 0) is 43.9 Å². The zero-order valence-corrected chi connectivity index (χ0v) is 24.2. The van der Waals surface area contributed by atoms with E-state index in [1.165, 1.54) is 4.90 Å². The fourth-order valence-electron chi connectivity index (χ4n) is 6.57. The maximum Gasteiger partial charge on any atom is 0.253 e. The molecule has 206 valence electrons. The number of aliphatic hydroxyl groups is 1. The van der Waals surface area contributed by atoms with Crippen LogP contribution >= 0.6 is 15.9 Å². The number of hydrogen-bond donors (Lipinski definition) is 1. The highest BCUT2D eigenvalue weighted by Crippen LogP contribution is 2.61. The molecule has 4 rings (SSSR count). The second-order valence-electron chi connectivity index (χ2n) is 10.7. The van der Waals surface area contributed by atoms with E-state index in [-0.39, 0.29) is 35.7 Å². The van der Waals surface area contributed by atoms with Crippen molar-refractivity contribution in [3.05, 3.63) is 54.6 Å². The van der Waals surface area contributed by atoms with Gasteiger partial charge in [0.2, 0.25) is 11.8 Å². The van der Waals surface area contributed by atoms with Gasteiger partial charge in [-0.2, -0.15) is 0 Å². The Kier molecular flexibility index (Phi) is 8.21. The molecule has 1 N–H and O–H groups in total. The van der Waals surface area contributed by atoms with Crippen molar-refractivity contribution >= 4 is 39.3 Å². The monoisotopic (exact) mass is 587 g/mol. The second kappa shape index (κ2) is 10.9. The highest BCUT2D eigenvalue weighted by atomic mass is 79.9. The first-order chi connectivity index (χ1) is 18.1. The van der Waals surface area contributed by atoms with Gasteiger partial charge in [0.05, 0.1) is 30.6 Å². The van der Waals surface area contributed by atoms with E-state index in [1.54, 1.807) is 29.0 Å². The third-order valence-electron chi connectivity index (χ3n) is 8.33. The molecular formula is C29H38BrN3O5. The molecule has 9 heteroatoms. The molecule has 8 nitrogen and oxygen atoms in total. The molecule has 3 heterocycles. The quantitative estimate of drug-likeness (QED) is 0.336. The number of likely N-dealkylation sites (tertiary alicyclic amines) is 1. The number of ether oxygens (including phenoxy) is 1. The Hall–Kier alpha value is -2.49. The number of hydrogen-bond acceptors (Lipinski definition) is 5. The van der Waals surface area contributed by atoms with E-state index < -0.39 is 35.6 Å². The van der Waals surface area contributed by atoms with Gasteiger partial charge in [0.25, 0.3) is 5.91 Å². The second-order valence-corrected chi connectivity index (χ2v) is 11.9. The molecule has 3 unspecified atom stereocenters. The van der Waals surface area contributed by atoms with Crippen LogP contribution in [0.5, 0.6) is 0 Å². The van der Waals surface area contributed by atoms with E-state index in [0.29, 0.717) is 19.4 Å². The molecule has 3 aliphatic rings. The van der Waals surface area contributed by atoms with Gasteiger partial charge < -0.3 is 24.5 Å². The first kappa shape index (κ1) is 28.5. The molecule has 0 aromatic heterocycles. The average Bonchev–Trinajstić information content (AvgIpc) is 3.48. The van der Waals surface area contributed by atoms with Crippen molar-refractivity contribution in [1.82, 2.24) is 9.80 Å². The van der Waals surface area contributed by atoms with E-state index >= 15 is 0 Å². The number of benzene rings is 1. The Morgan fingerprint density at radius 2 is 1.95 bits per heavy atom. The molecule has 3 amide bonds. The minimum Gasteiger partial charge on any atom is -0.394 e. The molecule has 2 bridgehead atoms. The fraction of sp³-hybridized carbons (Fsp3) is 0.552. The summed E-state index contributed by atoms with van der Waals surface area (Å²) in [6.45, 7) is 13.7. The van der Waals surface area contributed by atoms with Crippen molar-refractivity contribution < 1.29 is 24.2 Å². The SMILES string of the molecule is C=CCN(C)C(=O)[C@H]1[C@@H]2OC3(CC2Br)C(C(=O)N(CC=C)c2cc(C)ccc2C)N([C@@H](CC)CO)C(=O)[C@H]13. The number of nitrogens with zero attached hydrogens (tertiary/aromatic N) is 3. The Morgan fingerprint density at radius 3 is 2.55 bits per heavy atom. The van der Waals surface area contributed by atoms with Gasteiger partial charge in [0, 0.05) is 30.7 Å². The van der Waals surface area contributed by atoms with E-state index in [2.05, 4.69) is 29.1 Å². The Labute approximate surface area is 233 Å². The topological polar surface area (TPSA) is 90.4 Å². The van der Waals surface area contributed by atoms with Crippen LogP contribution in [0.2, 0.25) is 0 Å². The first-order valence-electron chi connectivity index (χ1n) is 13.2. The van der Waals surface area contributed by atoms with Crippen molar-refractivity contribution in [2.45, 2.75) is 62.2 Å². The van der Waals surface area contributed by atoms with Gasteiger partial charge in [-0.1, -0.05) is 47.1 Å². The number of anilines is 1. The number of alkyl halides is 1. The fourth-order valence-corrected chi connectivity index (χ4v) is 7.51. The third kappa shape index (κ3) is 4.32. The third-order valence-corrected chi connectivity index (χ3v) is 9.18. The summed E-state index contributed by atoms with van der Waals surface area (Å²) in [5.74, 6) is -2.37. The lowest BCUT2D eigenvalue weighted by Gasteiger charge is -2.39. The van der Waals surface area contributed by atoms with Crippen molar-refractivity contribution in [1.29, 1.82) is 0 Å². The van der Waals surface area contributed by atoms with E-state index in [1.807, 2.05) is 39.0 Å². The van der Waals surface area contributed by atoms with Crippen molar-refractivity contribution in [3.8, 4) is 0 Å². The maximum atomic E-state index is 14.6. The highest BCUT2D eigenvalue weighted by molar-refractivity contribution is 9.09. The Balaban J connectivity index is 1.86. The zero-order chi connectivity index (χ0) is 27.9. The summed E-state index contributed by atoms with van der Waals surface area (Å²) in [7, 11) is 1.68. The molecule has 3 aliphatic heterocycles. The number of carbonyl (C=O) groups excluding carboxylic acids is 3. The molecule has 0 aliphatic carbocycles. The number of amides is 3. The molecule has 7 atom stereocenters.